The number of aromatic nitrogens is 1. The fraction of sp³-hybridized carbons (Fsp3) is 0.474. The summed E-state index contributed by atoms with van der Waals surface area (Å²) in [6, 6.07) is 5.71. The summed E-state index contributed by atoms with van der Waals surface area (Å²) in [5.41, 5.74) is 0.907. The minimum atomic E-state index is -3.22. The van der Waals surface area contributed by atoms with Crippen molar-refractivity contribution >= 4 is 37.5 Å². The van der Waals surface area contributed by atoms with Gasteiger partial charge in [-0.05, 0) is 38.0 Å². The van der Waals surface area contributed by atoms with Crippen LogP contribution < -0.4 is 9.54 Å². The Balaban J connectivity index is 1.89. The van der Waals surface area contributed by atoms with E-state index in [0.29, 0.717) is 43.9 Å². The first kappa shape index (κ1) is 20.6. The van der Waals surface area contributed by atoms with Gasteiger partial charge < -0.3 is 9.30 Å². The Morgan fingerprint density at radius 1 is 1.39 bits per heavy atom. The summed E-state index contributed by atoms with van der Waals surface area (Å²) in [6.45, 7) is 3.50. The number of hydrogen-bond donors (Lipinski definition) is 0. The van der Waals surface area contributed by atoms with E-state index in [9.17, 15) is 13.2 Å². The van der Waals surface area contributed by atoms with E-state index >= 15 is 0 Å². The van der Waals surface area contributed by atoms with Crippen LogP contribution in [0, 0.1) is 18.3 Å². The molecule has 1 aliphatic heterocycles. The molecule has 2 aromatic rings. The average Bonchev–Trinajstić information content (AvgIpc) is 2.98. The van der Waals surface area contributed by atoms with Crippen LogP contribution in [0.5, 0.6) is 5.75 Å². The highest BCUT2D eigenvalue weighted by Gasteiger charge is 2.28. The Hall–Kier alpha value is -2.15. The molecular formula is C19H23N3O4S2. The van der Waals surface area contributed by atoms with E-state index in [1.54, 1.807) is 0 Å². The Morgan fingerprint density at radius 2 is 2.11 bits per heavy atom. The van der Waals surface area contributed by atoms with Crippen molar-refractivity contribution in [2.24, 2.45) is 10.9 Å². The number of rotatable bonds is 5. The fourth-order valence-electron chi connectivity index (χ4n) is 3.26. The lowest BCUT2D eigenvalue weighted by molar-refractivity contribution is -0.122. The molecule has 1 fully saturated rings. The fourth-order valence-corrected chi connectivity index (χ4v) is 5.20. The van der Waals surface area contributed by atoms with Crippen LogP contribution in [-0.4, -0.2) is 49.1 Å². The smallest absolute Gasteiger partial charge is 0.251 e. The van der Waals surface area contributed by atoms with E-state index in [2.05, 4.69) is 10.9 Å². The monoisotopic (exact) mass is 421 g/mol. The van der Waals surface area contributed by atoms with Crippen LogP contribution in [0.4, 0.5) is 0 Å². The van der Waals surface area contributed by atoms with Gasteiger partial charge >= 0.3 is 0 Å². The highest BCUT2D eigenvalue weighted by atomic mass is 32.2. The van der Waals surface area contributed by atoms with E-state index in [1.807, 2.05) is 29.7 Å². The quantitative estimate of drug-likeness (QED) is 0.690. The first-order valence-electron chi connectivity index (χ1n) is 9.06. The predicted molar refractivity (Wildman–Crippen MR) is 110 cm³/mol. The van der Waals surface area contributed by atoms with Gasteiger partial charge in [0.15, 0.2) is 4.80 Å². The third-order valence-corrected chi connectivity index (χ3v) is 7.04. The van der Waals surface area contributed by atoms with Crippen molar-refractivity contribution in [1.82, 2.24) is 8.87 Å². The maximum absolute atomic E-state index is 12.7. The maximum Gasteiger partial charge on any atom is 0.251 e. The first-order chi connectivity index (χ1) is 13.3. The molecule has 0 N–H and O–H groups in total. The Kier molecular flexibility index (Phi) is 6.23. The zero-order valence-corrected chi connectivity index (χ0v) is 17.6. The molecule has 9 heteroatoms. The van der Waals surface area contributed by atoms with Gasteiger partial charge in [-0.15, -0.1) is 6.42 Å². The van der Waals surface area contributed by atoms with Crippen LogP contribution in [-0.2, 0) is 21.4 Å². The van der Waals surface area contributed by atoms with Crippen molar-refractivity contribution in [3.8, 4) is 18.1 Å². The standard InChI is InChI=1S/C19H23N3O4S2/c1-4-10-22-16-7-6-15(26-5-2)13-17(16)27-19(22)20-18(23)14-8-11-21(12-9-14)28(3,24)25/h1,6-7,13-14H,5,8-12H2,2-3H3. The van der Waals surface area contributed by atoms with E-state index in [-0.39, 0.29) is 11.8 Å². The molecular weight excluding hydrogens is 398 g/mol. The van der Waals surface area contributed by atoms with Crippen LogP contribution in [0.25, 0.3) is 10.2 Å². The summed E-state index contributed by atoms with van der Waals surface area (Å²) in [4.78, 5) is 17.6. The third kappa shape index (κ3) is 4.46. The summed E-state index contributed by atoms with van der Waals surface area (Å²) in [5.74, 6) is 2.87. The summed E-state index contributed by atoms with van der Waals surface area (Å²) >= 11 is 1.39. The van der Waals surface area contributed by atoms with Gasteiger partial charge in [0, 0.05) is 19.0 Å². The van der Waals surface area contributed by atoms with Crippen LogP contribution in [0.15, 0.2) is 23.2 Å². The minimum absolute atomic E-state index is 0.226. The highest BCUT2D eigenvalue weighted by molar-refractivity contribution is 7.88. The summed E-state index contributed by atoms with van der Waals surface area (Å²) in [6.07, 6.45) is 7.65. The molecule has 7 nitrogen and oxygen atoms in total. The van der Waals surface area contributed by atoms with Gasteiger partial charge in [-0.1, -0.05) is 17.3 Å². The average molecular weight is 422 g/mol. The van der Waals surface area contributed by atoms with E-state index < -0.39 is 10.0 Å². The SMILES string of the molecule is C#CCn1c(=NC(=O)C2CCN(S(C)(=O)=O)CC2)sc2cc(OCC)ccc21. The van der Waals surface area contributed by atoms with Crippen molar-refractivity contribution in [3.63, 3.8) is 0 Å². The number of terminal acetylenes is 1. The van der Waals surface area contributed by atoms with Gasteiger partial charge in [0.1, 0.15) is 5.75 Å². The van der Waals surface area contributed by atoms with E-state index in [1.165, 1.54) is 21.9 Å². The van der Waals surface area contributed by atoms with Crippen LogP contribution in [0.1, 0.15) is 19.8 Å². The van der Waals surface area contributed by atoms with Gasteiger partial charge in [-0.2, -0.15) is 4.99 Å². The van der Waals surface area contributed by atoms with Crippen molar-refractivity contribution in [3.05, 3.63) is 23.0 Å². The van der Waals surface area contributed by atoms with Gasteiger partial charge in [0.05, 0.1) is 29.6 Å². The molecule has 3 rings (SSSR count). The number of carbonyl (C=O) groups excluding carboxylic acids is 1. The van der Waals surface area contributed by atoms with Gasteiger partial charge in [-0.3, -0.25) is 4.79 Å². The number of amides is 1. The topological polar surface area (TPSA) is 81.0 Å². The Morgan fingerprint density at radius 3 is 2.71 bits per heavy atom. The van der Waals surface area contributed by atoms with Crippen LogP contribution >= 0.6 is 11.3 Å². The molecule has 0 aliphatic carbocycles. The molecule has 1 amide bonds. The second-order valence-corrected chi connectivity index (χ2v) is 9.62. The van der Waals surface area contributed by atoms with E-state index in [4.69, 9.17) is 11.2 Å². The number of nitrogens with zero attached hydrogens (tertiary/aromatic N) is 3. The lowest BCUT2D eigenvalue weighted by atomic mass is 9.98. The molecule has 1 aromatic carbocycles. The molecule has 0 unspecified atom stereocenters. The lowest BCUT2D eigenvalue weighted by Gasteiger charge is -2.28. The number of benzene rings is 1. The van der Waals surface area contributed by atoms with Gasteiger partial charge in [0.2, 0.25) is 10.0 Å². The molecule has 2 heterocycles. The molecule has 150 valence electrons. The summed E-state index contributed by atoms with van der Waals surface area (Å²) in [5, 5.41) is 0. The number of thiazole rings is 1. The number of carbonyl (C=O) groups is 1. The number of sulfonamides is 1. The zero-order valence-electron chi connectivity index (χ0n) is 15.9. The van der Waals surface area contributed by atoms with Crippen molar-refractivity contribution < 1.29 is 17.9 Å². The lowest BCUT2D eigenvalue weighted by Crippen LogP contribution is -2.39. The summed E-state index contributed by atoms with van der Waals surface area (Å²) in [7, 11) is -3.22. The third-order valence-electron chi connectivity index (χ3n) is 4.69. The molecule has 1 saturated heterocycles. The Bertz CT molecular complexity index is 1080. The summed E-state index contributed by atoms with van der Waals surface area (Å²) < 4.78 is 33.0. The number of piperidine rings is 1. The number of fused-ring (bicyclic) bond motifs is 1. The van der Waals surface area contributed by atoms with Crippen molar-refractivity contribution in [1.29, 1.82) is 0 Å². The van der Waals surface area contributed by atoms with Gasteiger partial charge in [-0.25, -0.2) is 12.7 Å². The molecule has 1 aliphatic rings. The number of ether oxygens (including phenoxy) is 1. The number of hydrogen-bond acceptors (Lipinski definition) is 5. The second-order valence-electron chi connectivity index (χ2n) is 6.62. The van der Waals surface area contributed by atoms with Crippen LogP contribution in [0.2, 0.25) is 0 Å². The predicted octanol–water partition coefficient (Wildman–Crippen LogP) is 1.83. The highest BCUT2D eigenvalue weighted by Crippen LogP contribution is 2.24. The normalized spacial score (nSPS) is 17.0. The molecule has 0 saturated carbocycles. The molecule has 28 heavy (non-hydrogen) atoms. The molecule has 0 spiro atoms. The molecule has 1 aromatic heterocycles. The largest absolute Gasteiger partial charge is 0.494 e. The van der Waals surface area contributed by atoms with Gasteiger partial charge in [0.25, 0.3) is 5.91 Å². The second kappa shape index (κ2) is 8.47. The van der Waals surface area contributed by atoms with Crippen LogP contribution in [0.3, 0.4) is 0 Å². The van der Waals surface area contributed by atoms with Crippen molar-refractivity contribution in [2.75, 3.05) is 26.0 Å². The van der Waals surface area contributed by atoms with Crippen molar-refractivity contribution in [2.45, 2.75) is 26.3 Å². The van der Waals surface area contributed by atoms with E-state index in [0.717, 1.165) is 16.0 Å². The molecule has 0 radical (unpaired) electrons. The minimum Gasteiger partial charge on any atom is -0.494 e. The first-order valence-corrected chi connectivity index (χ1v) is 11.7. The zero-order chi connectivity index (χ0) is 20.3. The Labute approximate surface area is 168 Å². The molecule has 0 atom stereocenters. The maximum atomic E-state index is 12.7. The molecule has 0 bridgehead atoms.